The SMILES string of the molecule is CC(=O)CCCc1ccc(S(=O)(=O)C[N+](=O)[O-])cc1. The summed E-state index contributed by atoms with van der Waals surface area (Å²) in [4.78, 5) is 20.1. The summed E-state index contributed by atoms with van der Waals surface area (Å²) in [6, 6.07) is 5.96. The van der Waals surface area contributed by atoms with Gasteiger partial charge in [-0.2, -0.15) is 0 Å². The van der Waals surface area contributed by atoms with Crippen molar-refractivity contribution in [2.45, 2.75) is 31.1 Å². The largest absolute Gasteiger partial charge is 0.305 e. The molecule has 0 spiro atoms. The van der Waals surface area contributed by atoms with Crippen LogP contribution in [0.3, 0.4) is 0 Å². The van der Waals surface area contributed by atoms with Crippen molar-refractivity contribution in [2.75, 3.05) is 5.88 Å². The zero-order chi connectivity index (χ0) is 14.5. The molecule has 19 heavy (non-hydrogen) atoms. The number of sulfone groups is 1. The molecule has 104 valence electrons. The van der Waals surface area contributed by atoms with Gasteiger partial charge in [-0.3, -0.25) is 10.1 Å². The standard InChI is InChI=1S/C12H15NO5S/c1-10(14)3-2-4-11-5-7-12(8-6-11)19(17,18)9-13(15)16/h5-8H,2-4,9H2,1H3. The second-order valence-electron chi connectivity index (χ2n) is 4.28. The van der Waals surface area contributed by atoms with Gasteiger partial charge in [0.25, 0.3) is 0 Å². The van der Waals surface area contributed by atoms with E-state index in [4.69, 9.17) is 0 Å². The van der Waals surface area contributed by atoms with Crippen LogP contribution in [0.2, 0.25) is 0 Å². The Morgan fingerprint density at radius 1 is 1.26 bits per heavy atom. The highest BCUT2D eigenvalue weighted by Gasteiger charge is 2.20. The van der Waals surface area contributed by atoms with Gasteiger partial charge in [-0.15, -0.1) is 0 Å². The molecule has 0 radical (unpaired) electrons. The molecule has 1 aromatic rings. The predicted molar refractivity (Wildman–Crippen MR) is 69.1 cm³/mol. The second kappa shape index (κ2) is 6.42. The average molecular weight is 285 g/mol. The number of nitro groups is 1. The van der Waals surface area contributed by atoms with E-state index in [1.165, 1.54) is 19.1 Å². The Bertz CT molecular complexity index is 562. The van der Waals surface area contributed by atoms with Crippen molar-refractivity contribution in [1.29, 1.82) is 0 Å². The van der Waals surface area contributed by atoms with Gasteiger partial charge in [0.15, 0.2) is 0 Å². The van der Waals surface area contributed by atoms with Crippen LogP contribution >= 0.6 is 0 Å². The number of Topliss-reactive ketones (excluding diaryl/α,β-unsaturated/α-hetero) is 1. The molecule has 0 bridgehead atoms. The zero-order valence-corrected chi connectivity index (χ0v) is 11.4. The van der Waals surface area contributed by atoms with Crippen LogP contribution in [0.15, 0.2) is 29.2 Å². The van der Waals surface area contributed by atoms with Crippen molar-refractivity contribution < 1.29 is 18.1 Å². The minimum atomic E-state index is -3.86. The quantitative estimate of drug-likeness (QED) is 0.560. The number of hydrogen-bond donors (Lipinski definition) is 0. The number of rotatable bonds is 7. The molecule has 0 aliphatic rings. The van der Waals surface area contributed by atoms with Crippen LogP contribution in [0.25, 0.3) is 0 Å². The van der Waals surface area contributed by atoms with Crippen LogP contribution in [-0.2, 0) is 21.1 Å². The monoisotopic (exact) mass is 285 g/mol. The highest BCUT2D eigenvalue weighted by molar-refractivity contribution is 7.91. The molecule has 1 rings (SSSR count). The van der Waals surface area contributed by atoms with Gasteiger partial charge >= 0.3 is 5.88 Å². The first-order valence-electron chi connectivity index (χ1n) is 5.74. The fourth-order valence-corrected chi connectivity index (χ4v) is 2.60. The van der Waals surface area contributed by atoms with Crippen molar-refractivity contribution in [2.24, 2.45) is 0 Å². The molecule has 0 saturated heterocycles. The van der Waals surface area contributed by atoms with Crippen molar-refractivity contribution in [3.8, 4) is 0 Å². The summed E-state index contributed by atoms with van der Waals surface area (Å²) < 4.78 is 23.1. The lowest BCUT2D eigenvalue weighted by molar-refractivity contribution is -0.458. The van der Waals surface area contributed by atoms with Crippen LogP contribution in [0.4, 0.5) is 0 Å². The van der Waals surface area contributed by atoms with Gasteiger partial charge in [-0.1, -0.05) is 12.1 Å². The summed E-state index contributed by atoms with van der Waals surface area (Å²) in [6.07, 6.45) is 1.87. The number of carbonyl (C=O) groups excluding carboxylic acids is 1. The van der Waals surface area contributed by atoms with E-state index in [9.17, 15) is 23.3 Å². The van der Waals surface area contributed by atoms with Gasteiger partial charge in [0.2, 0.25) is 9.84 Å². The summed E-state index contributed by atoms with van der Waals surface area (Å²) in [6.45, 7) is 1.52. The maximum Gasteiger partial charge on any atom is 0.305 e. The Hall–Kier alpha value is -1.76. The molecule has 6 nitrogen and oxygen atoms in total. The number of benzene rings is 1. The Labute approximate surface area is 111 Å². The molecule has 0 N–H and O–H groups in total. The fraction of sp³-hybridized carbons (Fsp3) is 0.417. The number of ketones is 1. The molecule has 0 aliphatic heterocycles. The Balaban J connectivity index is 2.71. The second-order valence-corrected chi connectivity index (χ2v) is 6.24. The number of aryl methyl sites for hydroxylation is 1. The highest BCUT2D eigenvalue weighted by Crippen LogP contribution is 2.14. The highest BCUT2D eigenvalue weighted by atomic mass is 32.2. The van der Waals surface area contributed by atoms with Crippen molar-refractivity contribution in [3.63, 3.8) is 0 Å². The molecule has 0 amide bonds. The zero-order valence-electron chi connectivity index (χ0n) is 10.5. The van der Waals surface area contributed by atoms with Crippen molar-refractivity contribution >= 4 is 15.6 Å². The third kappa shape index (κ3) is 5.17. The molecule has 1 aromatic carbocycles. The summed E-state index contributed by atoms with van der Waals surface area (Å²) in [5, 5.41) is 10.3. The van der Waals surface area contributed by atoms with Gasteiger partial charge in [-0.05, 0) is 37.5 Å². The van der Waals surface area contributed by atoms with Gasteiger partial charge in [0.05, 0.1) is 4.90 Å². The minimum Gasteiger partial charge on any atom is -0.300 e. The van der Waals surface area contributed by atoms with E-state index >= 15 is 0 Å². The summed E-state index contributed by atoms with van der Waals surface area (Å²) in [5.41, 5.74) is 0.904. The molecule has 0 atom stereocenters. The van der Waals surface area contributed by atoms with E-state index in [0.717, 1.165) is 5.56 Å². The van der Waals surface area contributed by atoms with Gasteiger partial charge in [-0.25, -0.2) is 8.42 Å². The molecular formula is C12H15NO5S. The molecule has 0 saturated carbocycles. The van der Waals surface area contributed by atoms with Crippen LogP contribution in [0, 0.1) is 10.1 Å². The van der Waals surface area contributed by atoms with E-state index in [1.807, 2.05) is 0 Å². The number of nitrogens with zero attached hydrogens (tertiary/aromatic N) is 1. The molecule has 0 fully saturated rings. The molecule has 0 heterocycles. The van der Waals surface area contributed by atoms with E-state index < -0.39 is 20.6 Å². The Morgan fingerprint density at radius 3 is 2.32 bits per heavy atom. The number of carbonyl (C=O) groups is 1. The first-order valence-corrected chi connectivity index (χ1v) is 7.39. The maximum absolute atomic E-state index is 11.6. The van der Waals surface area contributed by atoms with Gasteiger partial charge in [0.1, 0.15) is 5.78 Å². The summed E-state index contributed by atoms with van der Waals surface area (Å²) >= 11 is 0. The van der Waals surface area contributed by atoms with Crippen molar-refractivity contribution in [1.82, 2.24) is 0 Å². The third-order valence-electron chi connectivity index (χ3n) is 2.55. The van der Waals surface area contributed by atoms with Crippen LogP contribution in [0.1, 0.15) is 25.3 Å². The molecule has 0 aromatic heterocycles. The Morgan fingerprint density at radius 2 is 1.84 bits per heavy atom. The lowest BCUT2D eigenvalue weighted by Gasteiger charge is -2.03. The summed E-state index contributed by atoms with van der Waals surface area (Å²) in [5.74, 6) is -0.985. The van der Waals surface area contributed by atoms with Crippen LogP contribution < -0.4 is 0 Å². The van der Waals surface area contributed by atoms with E-state index in [-0.39, 0.29) is 10.7 Å². The van der Waals surface area contributed by atoms with E-state index in [2.05, 4.69) is 0 Å². The van der Waals surface area contributed by atoms with Crippen LogP contribution in [0.5, 0.6) is 0 Å². The molecule has 7 heteroatoms. The van der Waals surface area contributed by atoms with Gasteiger partial charge in [0, 0.05) is 11.3 Å². The first kappa shape index (κ1) is 15.3. The Kier molecular flexibility index (Phi) is 5.17. The van der Waals surface area contributed by atoms with Crippen molar-refractivity contribution in [3.05, 3.63) is 39.9 Å². The lowest BCUT2D eigenvalue weighted by atomic mass is 10.1. The minimum absolute atomic E-state index is 0.0560. The molecule has 0 unspecified atom stereocenters. The van der Waals surface area contributed by atoms with E-state index in [1.54, 1.807) is 12.1 Å². The number of hydrogen-bond acceptors (Lipinski definition) is 5. The topological polar surface area (TPSA) is 94.3 Å². The predicted octanol–water partition coefficient (Wildman–Crippen LogP) is 1.61. The van der Waals surface area contributed by atoms with Gasteiger partial charge < -0.3 is 4.79 Å². The van der Waals surface area contributed by atoms with Crippen LogP contribution in [-0.4, -0.2) is 25.0 Å². The molecule has 0 aliphatic carbocycles. The third-order valence-corrected chi connectivity index (χ3v) is 4.09. The summed E-state index contributed by atoms with van der Waals surface area (Å²) in [7, 11) is -3.86. The van der Waals surface area contributed by atoms with E-state index in [0.29, 0.717) is 19.3 Å². The average Bonchev–Trinajstić information content (AvgIpc) is 2.27. The first-order chi connectivity index (χ1) is 8.81. The fourth-order valence-electron chi connectivity index (χ4n) is 1.62. The maximum atomic E-state index is 11.6. The smallest absolute Gasteiger partial charge is 0.300 e. The lowest BCUT2D eigenvalue weighted by Crippen LogP contribution is -2.14. The normalized spacial score (nSPS) is 11.2. The molecular weight excluding hydrogens is 270 g/mol.